The molecule has 3 rings (SSSR count). The van der Waals surface area contributed by atoms with Crippen LogP contribution in [0.25, 0.3) is 11.3 Å². The van der Waals surface area contributed by atoms with Crippen molar-refractivity contribution in [1.82, 2.24) is 10.2 Å². The van der Waals surface area contributed by atoms with Crippen molar-refractivity contribution in [2.45, 2.75) is 18.8 Å². The van der Waals surface area contributed by atoms with Crippen molar-refractivity contribution < 1.29 is 4.39 Å². The third-order valence-electron chi connectivity index (χ3n) is 2.90. The zero-order valence-corrected chi connectivity index (χ0v) is 11.1. The summed E-state index contributed by atoms with van der Waals surface area (Å²) in [5.41, 5.74) is 2.60. The molecule has 0 aliphatic heterocycles. The highest BCUT2D eigenvalue weighted by Gasteiger charge is 2.29. The quantitative estimate of drug-likeness (QED) is 0.868. The first-order valence-corrected chi connectivity index (χ1v) is 6.53. The zero-order valence-electron chi connectivity index (χ0n) is 8.80. The molecule has 0 bridgehead atoms. The third-order valence-corrected chi connectivity index (χ3v) is 4.02. The van der Waals surface area contributed by atoms with Crippen LogP contribution in [-0.4, -0.2) is 10.2 Å². The van der Waals surface area contributed by atoms with Crippen LogP contribution in [0.1, 0.15) is 24.5 Å². The average Bonchev–Trinajstić information content (AvgIpc) is 3.04. The Labute approximate surface area is 111 Å². The maximum Gasteiger partial charge on any atom is 0.124 e. The van der Waals surface area contributed by atoms with Gasteiger partial charge in [-0.25, -0.2) is 4.39 Å². The molecule has 0 unspecified atom stereocenters. The van der Waals surface area contributed by atoms with E-state index in [2.05, 4.69) is 26.1 Å². The predicted octanol–water partition coefficient (Wildman–Crippen LogP) is 4.51. The number of hydrogen-bond acceptors (Lipinski definition) is 1. The monoisotopic (exact) mass is 314 g/mol. The van der Waals surface area contributed by atoms with Gasteiger partial charge >= 0.3 is 0 Å². The summed E-state index contributed by atoms with van der Waals surface area (Å²) in [4.78, 5) is 0. The van der Waals surface area contributed by atoms with Gasteiger partial charge in [0.05, 0.1) is 15.2 Å². The van der Waals surface area contributed by atoms with Crippen molar-refractivity contribution >= 4 is 27.5 Å². The summed E-state index contributed by atoms with van der Waals surface area (Å²) in [5, 5.41) is 7.66. The molecule has 0 spiro atoms. The van der Waals surface area contributed by atoms with E-state index >= 15 is 0 Å². The molecular formula is C12H9BrClFN2. The van der Waals surface area contributed by atoms with Crippen LogP contribution in [0.3, 0.4) is 0 Å². The summed E-state index contributed by atoms with van der Waals surface area (Å²) >= 11 is 9.56. The number of aromatic amines is 1. The first-order valence-electron chi connectivity index (χ1n) is 5.36. The summed E-state index contributed by atoms with van der Waals surface area (Å²) < 4.78 is 13.9. The number of halogens is 3. The highest BCUT2D eigenvalue weighted by Crippen LogP contribution is 2.45. The van der Waals surface area contributed by atoms with E-state index in [1.54, 1.807) is 6.07 Å². The van der Waals surface area contributed by atoms with Crippen molar-refractivity contribution in [2.24, 2.45) is 0 Å². The highest BCUT2D eigenvalue weighted by atomic mass is 79.9. The van der Waals surface area contributed by atoms with Crippen molar-refractivity contribution in [3.05, 3.63) is 39.2 Å². The molecule has 1 heterocycles. The second kappa shape index (κ2) is 4.10. The van der Waals surface area contributed by atoms with Gasteiger partial charge in [-0.05, 0) is 47.0 Å². The minimum Gasteiger partial charge on any atom is -0.280 e. The van der Waals surface area contributed by atoms with Crippen molar-refractivity contribution in [3.8, 4) is 11.3 Å². The zero-order chi connectivity index (χ0) is 12.0. The van der Waals surface area contributed by atoms with Gasteiger partial charge in [-0.3, -0.25) is 5.10 Å². The Hall–Kier alpha value is -0.870. The van der Waals surface area contributed by atoms with Crippen molar-refractivity contribution in [3.63, 3.8) is 0 Å². The van der Waals surface area contributed by atoms with E-state index in [1.165, 1.54) is 25.0 Å². The maximum atomic E-state index is 13.0. The smallest absolute Gasteiger partial charge is 0.124 e. The van der Waals surface area contributed by atoms with Gasteiger partial charge in [0.2, 0.25) is 0 Å². The number of rotatable bonds is 2. The van der Waals surface area contributed by atoms with Gasteiger partial charge in [0.25, 0.3) is 0 Å². The van der Waals surface area contributed by atoms with E-state index in [4.69, 9.17) is 11.6 Å². The lowest BCUT2D eigenvalue weighted by molar-refractivity contribution is 0.628. The Morgan fingerprint density at radius 3 is 2.82 bits per heavy atom. The summed E-state index contributed by atoms with van der Waals surface area (Å²) in [5.74, 6) is 0.234. The number of H-pyrrole nitrogens is 1. The lowest BCUT2D eigenvalue weighted by Crippen LogP contribution is -1.83. The van der Waals surface area contributed by atoms with Gasteiger partial charge in [0, 0.05) is 11.5 Å². The maximum absolute atomic E-state index is 13.0. The van der Waals surface area contributed by atoms with Crippen LogP contribution in [0.4, 0.5) is 4.39 Å². The molecule has 0 amide bonds. The molecule has 2 aromatic rings. The molecule has 1 aliphatic rings. The first kappa shape index (κ1) is 11.2. The molecule has 0 radical (unpaired) electrons. The fourth-order valence-electron chi connectivity index (χ4n) is 1.84. The molecule has 0 saturated heterocycles. The number of nitrogens with zero attached hydrogens (tertiary/aromatic N) is 1. The van der Waals surface area contributed by atoms with Crippen LogP contribution < -0.4 is 0 Å². The fraction of sp³-hybridized carbons (Fsp3) is 0.250. The Morgan fingerprint density at radius 2 is 2.18 bits per heavy atom. The Kier molecular flexibility index (Phi) is 2.71. The highest BCUT2D eigenvalue weighted by molar-refractivity contribution is 9.10. The van der Waals surface area contributed by atoms with Crippen molar-refractivity contribution in [2.75, 3.05) is 0 Å². The van der Waals surface area contributed by atoms with Gasteiger partial charge in [-0.2, -0.15) is 5.10 Å². The Morgan fingerprint density at radius 1 is 1.41 bits per heavy atom. The molecule has 17 heavy (non-hydrogen) atoms. The molecule has 1 saturated carbocycles. The van der Waals surface area contributed by atoms with E-state index in [-0.39, 0.29) is 5.82 Å². The van der Waals surface area contributed by atoms with E-state index in [1.807, 2.05) is 0 Å². The van der Waals surface area contributed by atoms with E-state index in [0.717, 1.165) is 21.4 Å². The third kappa shape index (κ3) is 2.00. The average molecular weight is 316 g/mol. The molecule has 0 atom stereocenters. The minimum atomic E-state index is -0.340. The van der Waals surface area contributed by atoms with Crippen LogP contribution in [0, 0.1) is 5.82 Å². The molecule has 1 aromatic carbocycles. The van der Waals surface area contributed by atoms with Gasteiger partial charge in [0.1, 0.15) is 11.5 Å². The summed E-state index contributed by atoms with van der Waals surface area (Å²) in [6.07, 6.45) is 2.38. The second-order valence-electron chi connectivity index (χ2n) is 4.20. The van der Waals surface area contributed by atoms with Crippen LogP contribution in [-0.2, 0) is 0 Å². The molecule has 5 heteroatoms. The van der Waals surface area contributed by atoms with Crippen LogP contribution in [0.2, 0.25) is 5.02 Å². The summed E-state index contributed by atoms with van der Waals surface area (Å²) in [7, 11) is 0. The van der Waals surface area contributed by atoms with Crippen LogP contribution >= 0.6 is 27.5 Å². The number of hydrogen-bond donors (Lipinski definition) is 1. The lowest BCUT2D eigenvalue weighted by atomic mass is 10.1. The molecule has 1 N–H and O–H groups in total. The SMILES string of the molecule is Fc1ccc(-c2n[nH]c(C3CC3)c2Br)c(Cl)c1. The van der Waals surface area contributed by atoms with Crippen molar-refractivity contribution in [1.29, 1.82) is 0 Å². The second-order valence-corrected chi connectivity index (χ2v) is 5.40. The molecule has 1 fully saturated rings. The summed E-state index contributed by atoms with van der Waals surface area (Å²) in [6, 6.07) is 4.34. The topological polar surface area (TPSA) is 28.7 Å². The van der Waals surface area contributed by atoms with Crippen LogP contribution in [0.15, 0.2) is 22.7 Å². The molecule has 88 valence electrons. The predicted molar refractivity (Wildman–Crippen MR) is 68.7 cm³/mol. The van der Waals surface area contributed by atoms with Gasteiger partial charge in [-0.15, -0.1) is 0 Å². The standard InChI is InChI=1S/C12H9BrClFN2/c13-10-11(6-1-2-6)16-17-12(10)8-4-3-7(15)5-9(8)14/h3-6H,1-2H2,(H,16,17). The Balaban J connectivity index is 2.08. The largest absolute Gasteiger partial charge is 0.280 e. The molecule has 2 nitrogen and oxygen atoms in total. The Bertz CT molecular complexity index is 578. The molecular weight excluding hydrogens is 307 g/mol. The number of aromatic nitrogens is 2. The lowest BCUT2D eigenvalue weighted by Gasteiger charge is -2.01. The van der Waals surface area contributed by atoms with E-state index in [9.17, 15) is 4.39 Å². The first-order chi connectivity index (χ1) is 8.16. The minimum absolute atomic E-state index is 0.340. The normalized spacial score (nSPS) is 15.2. The summed E-state index contributed by atoms with van der Waals surface area (Å²) in [6.45, 7) is 0. The van der Waals surface area contributed by atoms with Crippen LogP contribution in [0.5, 0.6) is 0 Å². The number of benzene rings is 1. The number of nitrogens with one attached hydrogen (secondary N) is 1. The van der Waals surface area contributed by atoms with E-state index < -0.39 is 0 Å². The van der Waals surface area contributed by atoms with Gasteiger partial charge in [0.15, 0.2) is 0 Å². The van der Waals surface area contributed by atoms with Gasteiger partial charge < -0.3 is 0 Å². The van der Waals surface area contributed by atoms with Gasteiger partial charge in [-0.1, -0.05) is 11.6 Å². The molecule has 1 aliphatic carbocycles. The molecule has 1 aromatic heterocycles. The van der Waals surface area contributed by atoms with E-state index in [0.29, 0.717) is 10.9 Å². The fourth-order valence-corrected chi connectivity index (χ4v) is 2.82.